The molecule has 0 aromatic heterocycles. The Hall–Kier alpha value is -4.69. The molecule has 2 aromatic carbocycles. The number of carboxylic acid groups (broad SMARTS) is 4. The van der Waals surface area contributed by atoms with Crippen LogP contribution in [0.2, 0.25) is 0 Å². The number of aliphatic carboxylic acids is 4. The molecule has 43 heavy (non-hydrogen) atoms. The lowest BCUT2D eigenvalue weighted by molar-refractivity contribution is -0.998. The number of nitrogens with one attached hydrogen (secondary N) is 3. The predicted octanol–water partition coefficient (Wildman–Crippen LogP) is -3.51. The van der Waals surface area contributed by atoms with E-state index < -0.39 is 23.9 Å². The highest BCUT2D eigenvalue weighted by molar-refractivity contribution is 6.26. The molecule has 3 unspecified atom stereocenters. The van der Waals surface area contributed by atoms with Gasteiger partial charge in [0.2, 0.25) is 5.91 Å². The number of amides is 1. The van der Waals surface area contributed by atoms with Crippen molar-refractivity contribution in [3.8, 4) is 11.5 Å². The third-order valence-electron chi connectivity index (χ3n) is 7.15. The van der Waals surface area contributed by atoms with E-state index in [4.69, 9.17) is 49.1 Å². The number of methoxy groups -OCH3 is 2. The summed E-state index contributed by atoms with van der Waals surface area (Å²) in [5, 5.41) is 35.6. The van der Waals surface area contributed by atoms with Gasteiger partial charge in [-0.3, -0.25) is 4.79 Å². The average molecular weight is 604 g/mol. The molecule has 14 nitrogen and oxygen atoms in total. The lowest BCUT2D eigenvalue weighted by Crippen LogP contribution is -3.24. The Morgan fingerprint density at radius 1 is 0.930 bits per heavy atom. The van der Waals surface area contributed by atoms with Gasteiger partial charge >= 0.3 is 11.9 Å². The van der Waals surface area contributed by atoms with E-state index in [0.29, 0.717) is 6.04 Å². The molecule has 2 aromatic rings. The van der Waals surface area contributed by atoms with Crippen molar-refractivity contribution >= 4 is 35.5 Å². The predicted molar refractivity (Wildman–Crippen MR) is 146 cm³/mol. The largest absolute Gasteiger partial charge is 0.539 e. The molecule has 1 amide bonds. The van der Waals surface area contributed by atoms with Crippen molar-refractivity contribution in [2.24, 2.45) is 0 Å². The lowest BCUT2D eigenvalue weighted by atomic mass is 9.95. The second-order valence-corrected chi connectivity index (χ2v) is 10.1. The van der Waals surface area contributed by atoms with Crippen molar-refractivity contribution in [1.29, 1.82) is 0 Å². The topological polar surface area (TPSA) is 211 Å². The van der Waals surface area contributed by atoms with Crippen LogP contribution >= 0.6 is 0 Å². The first-order valence-corrected chi connectivity index (χ1v) is 13.5. The molecular formula is C29H37N3O11. The summed E-state index contributed by atoms with van der Waals surface area (Å²) in [6, 6.07) is 13.2. The number of likely N-dealkylation sites (tertiary alicyclic amines) is 1. The first-order valence-electron chi connectivity index (χ1n) is 13.5. The van der Waals surface area contributed by atoms with Crippen LogP contribution < -0.4 is 34.8 Å². The fraction of sp³-hybridized carbons (Fsp3) is 0.414. The fourth-order valence-electron chi connectivity index (χ4n) is 5.25. The lowest BCUT2D eigenvalue weighted by Gasteiger charge is -2.37. The molecule has 5 N–H and O–H groups in total. The van der Waals surface area contributed by atoms with Crippen LogP contribution in [0.25, 0.3) is 0 Å². The van der Waals surface area contributed by atoms with E-state index in [-0.39, 0.29) is 5.91 Å². The highest BCUT2D eigenvalue weighted by atomic mass is 16.5. The number of rotatable bonds is 6. The highest BCUT2D eigenvalue weighted by Crippen LogP contribution is 2.31. The number of quaternary nitrogens is 2. The van der Waals surface area contributed by atoms with Gasteiger partial charge in [0.1, 0.15) is 25.7 Å². The number of ether oxygens (including phenoxy) is 2. The standard InChI is InChI=1S/C25H33N3O3.2C2H2O4/c1-18(29)26-23-9-5-4-7-20(23)15-27-11-6-8-22(17-27)28-12-10-19-13-24(30-2)25(31-3)14-21(19)16-28;2*3-1(4)2(5)6/h4-5,7,9,13-14,22H,6,8,10-12,15-17H2,1-3H3,(H,26,29);2*(H,3,4)(H,5,6). The van der Waals surface area contributed by atoms with Gasteiger partial charge in [0.25, 0.3) is 0 Å². The second-order valence-electron chi connectivity index (χ2n) is 10.1. The van der Waals surface area contributed by atoms with Crippen LogP contribution in [0.1, 0.15) is 36.5 Å². The van der Waals surface area contributed by atoms with Crippen LogP contribution in [0.15, 0.2) is 36.4 Å². The highest BCUT2D eigenvalue weighted by Gasteiger charge is 2.34. The first-order chi connectivity index (χ1) is 20.4. The van der Waals surface area contributed by atoms with E-state index in [1.54, 1.807) is 30.9 Å². The molecule has 1 fully saturated rings. The van der Waals surface area contributed by atoms with Gasteiger partial charge < -0.3 is 54.6 Å². The van der Waals surface area contributed by atoms with E-state index >= 15 is 0 Å². The summed E-state index contributed by atoms with van der Waals surface area (Å²) in [7, 11) is 3.41. The maximum Gasteiger partial charge on any atom is 0.351 e. The van der Waals surface area contributed by atoms with Crippen molar-refractivity contribution in [2.45, 2.75) is 45.3 Å². The zero-order valence-corrected chi connectivity index (χ0v) is 24.3. The number of carbonyl (C=O) groups is 5. The molecule has 4 rings (SSSR count). The number of carbonyl (C=O) groups excluding carboxylic acids is 3. The van der Waals surface area contributed by atoms with E-state index in [1.165, 1.54) is 49.2 Å². The first kappa shape index (κ1) is 34.5. The number of para-hydroxylation sites is 1. The summed E-state index contributed by atoms with van der Waals surface area (Å²) in [5.74, 6) is -6.37. The Bertz CT molecular complexity index is 1270. The number of fused-ring (bicyclic) bond motifs is 1. The summed E-state index contributed by atoms with van der Waals surface area (Å²) in [6.45, 7) is 7.12. The van der Waals surface area contributed by atoms with Gasteiger partial charge in [-0.1, -0.05) is 18.2 Å². The Morgan fingerprint density at radius 2 is 1.49 bits per heavy atom. The third-order valence-corrected chi connectivity index (χ3v) is 7.15. The molecule has 0 bridgehead atoms. The van der Waals surface area contributed by atoms with Crippen LogP contribution in [0.5, 0.6) is 11.5 Å². The van der Waals surface area contributed by atoms with Gasteiger partial charge in [0.05, 0.1) is 27.3 Å². The van der Waals surface area contributed by atoms with E-state index in [1.807, 2.05) is 12.1 Å². The van der Waals surface area contributed by atoms with Crippen molar-refractivity contribution in [3.05, 3.63) is 53.1 Å². The second kappa shape index (κ2) is 16.7. The molecule has 0 aliphatic carbocycles. The van der Waals surface area contributed by atoms with Gasteiger partial charge in [0, 0.05) is 43.0 Å². The van der Waals surface area contributed by atoms with Gasteiger partial charge in [-0.2, -0.15) is 0 Å². The molecule has 0 spiro atoms. The van der Waals surface area contributed by atoms with Gasteiger partial charge in [-0.15, -0.1) is 0 Å². The fourth-order valence-corrected chi connectivity index (χ4v) is 5.25. The number of hydrogen-bond acceptors (Lipinski definition) is 9. The summed E-state index contributed by atoms with van der Waals surface area (Å²) in [4.78, 5) is 50.9. The van der Waals surface area contributed by atoms with Gasteiger partial charge in [0.15, 0.2) is 23.4 Å². The van der Waals surface area contributed by atoms with E-state index in [2.05, 4.69) is 29.6 Å². The maximum atomic E-state index is 11.6. The van der Waals surface area contributed by atoms with Crippen LogP contribution in [0.4, 0.5) is 5.69 Å². The SMILES string of the molecule is COc1cc2c(cc1OC)C[NH+](C1CCC[NH+](Cc3ccccc3NC(C)=O)C1)CC2.O=C([O-])C(=O)O.O=C([O-])C(=O)O. The number of carboxylic acids is 4. The molecule has 3 atom stereocenters. The van der Waals surface area contributed by atoms with Crippen LogP contribution in [-0.4, -0.2) is 79.9 Å². The minimum absolute atomic E-state index is 0.0116. The van der Waals surface area contributed by atoms with Crippen molar-refractivity contribution < 1.29 is 63.7 Å². The van der Waals surface area contributed by atoms with Crippen LogP contribution in [0, 0.1) is 0 Å². The normalized spacial score (nSPS) is 18.6. The van der Waals surface area contributed by atoms with Gasteiger partial charge in [-0.05, 0) is 23.8 Å². The zero-order chi connectivity index (χ0) is 32.1. The monoisotopic (exact) mass is 603 g/mol. The molecule has 0 radical (unpaired) electrons. The summed E-state index contributed by atoms with van der Waals surface area (Å²) in [6.07, 6.45) is 3.63. The Morgan fingerprint density at radius 3 is 2.02 bits per heavy atom. The van der Waals surface area contributed by atoms with Crippen LogP contribution in [0.3, 0.4) is 0 Å². The third kappa shape index (κ3) is 10.9. The Labute approximate surface area is 248 Å². The summed E-state index contributed by atoms with van der Waals surface area (Å²) in [5.41, 5.74) is 4.96. The number of benzene rings is 2. The Balaban J connectivity index is 0.000000455. The molecule has 1 saturated heterocycles. The minimum Gasteiger partial charge on any atom is -0.539 e. The minimum atomic E-state index is -2.07. The molecule has 2 heterocycles. The van der Waals surface area contributed by atoms with Crippen molar-refractivity contribution in [2.75, 3.05) is 39.2 Å². The molecule has 0 saturated carbocycles. The zero-order valence-electron chi connectivity index (χ0n) is 24.3. The number of piperidine rings is 1. The molecule has 14 heteroatoms. The molecule has 2 aliphatic rings. The maximum absolute atomic E-state index is 11.6. The van der Waals surface area contributed by atoms with Crippen molar-refractivity contribution in [1.82, 2.24) is 0 Å². The van der Waals surface area contributed by atoms with Gasteiger partial charge in [-0.25, -0.2) is 9.59 Å². The van der Waals surface area contributed by atoms with Crippen LogP contribution in [-0.2, 0) is 43.5 Å². The number of anilines is 1. The Kier molecular flexibility index (Phi) is 13.4. The average Bonchev–Trinajstić information content (AvgIpc) is 2.97. The molecule has 2 aliphatic heterocycles. The van der Waals surface area contributed by atoms with Crippen molar-refractivity contribution in [3.63, 3.8) is 0 Å². The van der Waals surface area contributed by atoms with E-state index in [9.17, 15) is 4.79 Å². The summed E-state index contributed by atoms with van der Waals surface area (Å²) >= 11 is 0. The molecule has 234 valence electrons. The molecular weight excluding hydrogens is 566 g/mol. The quantitative estimate of drug-likeness (QED) is 0.204. The van der Waals surface area contributed by atoms with E-state index in [0.717, 1.165) is 36.7 Å². The number of hydrogen-bond donors (Lipinski definition) is 5. The smallest absolute Gasteiger partial charge is 0.351 e. The summed E-state index contributed by atoms with van der Waals surface area (Å²) < 4.78 is 11.0.